The van der Waals surface area contributed by atoms with Crippen molar-refractivity contribution in [3.8, 4) is 17.3 Å². The van der Waals surface area contributed by atoms with Gasteiger partial charge in [-0.2, -0.15) is 5.26 Å². The first-order valence-corrected chi connectivity index (χ1v) is 13.4. The van der Waals surface area contributed by atoms with Crippen molar-refractivity contribution in [3.05, 3.63) is 62.4 Å². The lowest BCUT2D eigenvalue weighted by atomic mass is 9.84. The molecule has 1 N–H and O–H groups in total. The van der Waals surface area contributed by atoms with E-state index in [-0.39, 0.29) is 5.97 Å². The quantitative estimate of drug-likeness (QED) is 0.271. The zero-order chi connectivity index (χ0) is 24.1. The Labute approximate surface area is 209 Å². The van der Waals surface area contributed by atoms with Gasteiger partial charge >= 0.3 is 5.97 Å². The summed E-state index contributed by atoms with van der Waals surface area (Å²) >= 11 is 2.92. The molecule has 0 saturated heterocycles. The minimum Gasteiger partial charge on any atom is -0.462 e. The number of esters is 1. The number of aryl methyl sites for hydroxylation is 1. The van der Waals surface area contributed by atoms with E-state index >= 15 is 0 Å². The van der Waals surface area contributed by atoms with Crippen LogP contribution in [0.1, 0.15) is 76.3 Å². The van der Waals surface area contributed by atoms with Gasteiger partial charge in [0.2, 0.25) is 0 Å². The predicted molar refractivity (Wildman–Crippen MR) is 140 cm³/mol. The maximum absolute atomic E-state index is 12.4. The van der Waals surface area contributed by atoms with Gasteiger partial charge in [-0.25, -0.2) is 9.78 Å². The lowest BCUT2D eigenvalue weighted by Gasteiger charge is -2.22. The van der Waals surface area contributed by atoms with E-state index in [4.69, 9.17) is 9.72 Å². The van der Waals surface area contributed by atoms with E-state index in [0.29, 0.717) is 33.7 Å². The lowest BCUT2D eigenvalue weighted by Crippen LogP contribution is -2.07. The highest BCUT2D eigenvalue weighted by atomic mass is 32.1. The first-order chi connectivity index (χ1) is 16.5. The number of nitriles is 1. The van der Waals surface area contributed by atoms with Crippen molar-refractivity contribution in [2.45, 2.75) is 58.8 Å². The molecule has 1 aliphatic rings. The second-order valence-electron chi connectivity index (χ2n) is 8.52. The molecule has 5 nitrogen and oxygen atoms in total. The lowest BCUT2D eigenvalue weighted by molar-refractivity contribution is 0.0527. The topological polar surface area (TPSA) is 75.0 Å². The number of anilines is 1. The molecule has 0 bridgehead atoms. The molecule has 1 aliphatic carbocycles. The predicted octanol–water partition coefficient (Wildman–Crippen LogP) is 7.69. The summed E-state index contributed by atoms with van der Waals surface area (Å²) in [5, 5.41) is 16.2. The van der Waals surface area contributed by atoms with Crippen molar-refractivity contribution in [3.63, 3.8) is 0 Å². The van der Waals surface area contributed by atoms with Crippen LogP contribution in [0.25, 0.3) is 16.8 Å². The first kappa shape index (κ1) is 24.2. The van der Waals surface area contributed by atoms with E-state index < -0.39 is 0 Å². The second kappa shape index (κ2) is 11.0. The summed E-state index contributed by atoms with van der Waals surface area (Å²) in [4.78, 5) is 18.2. The molecule has 1 saturated carbocycles. The summed E-state index contributed by atoms with van der Waals surface area (Å²) in [6.45, 7) is 5.98. The van der Waals surface area contributed by atoms with Crippen LogP contribution in [0.15, 0.2) is 35.8 Å². The molecule has 0 aliphatic heterocycles. The van der Waals surface area contributed by atoms with Gasteiger partial charge in [-0.1, -0.05) is 43.5 Å². The summed E-state index contributed by atoms with van der Waals surface area (Å²) in [6, 6.07) is 11.0. The third-order valence-corrected chi connectivity index (χ3v) is 8.36. The number of allylic oxidation sites excluding steroid dienone is 1. The average molecular weight is 492 g/mol. The fraction of sp³-hybridized carbons (Fsp3) is 0.370. The molecule has 2 heterocycles. The molecule has 0 atom stereocenters. The molecule has 2 aromatic heterocycles. The Bertz CT molecular complexity index is 1230. The molecule has 34 heavy (non-hydrogen) atoms. The zero-order valence-electron chi connectivity index (χ0n) is 19.8. The standard InChI is InChI=1S/C27H29N3O2S2/c1-4-32-27(31)24-17(2)18(3)34-26(24)29-15-22(14-28)25-30-23(16-33-25)21-12-10-20(11-13-21)19-8-6-5-7-9-19/h10-13,15-16,19,29H,4-9H2,1-3H3/b22-15-. The van der Waals surface area contributed by atoms with E-state index in [0.717, 1.165) is 21.7 Å². The molecule has 176 valence electrons. The molecule has 7 heteroatoms. The molecule has 1 aromatic carbocycles. The molecule has 0 amide bonds. The highest BCUT2D eigenvalue weighted by molar-refractivity contribution is 7.16. The second-order valence-corrected chi connectivity index (χ2v) is 10.6. The molecule has 4 rings (SSSR count). The van der Waals surface area contributed by atoms with Crippen LogP contribution in [0.2, 0.25) is 0 Å². The summed E-state index contributed by atoms with van der Waals surface area (Å²) in [6.07, 6.45) is 8.20. The van der Waals surface area contributed by atoms with Crippen molar-refractivity contribution in [2.24, 2.45) is 0 Å². The maximum Gasteiger partial charge on any atom is 0.341 e. The number of hydrogen-bond donors (Lipinski definition) is 1. The first-order valence-electron chi connectivity index (χ1n) is 11.7. The van der Waals surface area contributed by atoms with Crippen LogP contribution in [0, 0.1) is 25.2 Å². The number of hydrogen-bond acceptors (Lipinski definition) is 7. The van der Waals surface area contributed by atoms with Crippen LogP contribution in [-0.4, -0.2) is 17.6 Å². The SMILES string of the molecule is CCOC(=O)c1c(N/C=C(/C#N)c2nc(-c3ccc(C4CCCCC4)cc3)cs2)sc(C)c1C. The summed E-state index contributed by atoms with van der Waals surface area (Å²) in [5.41, 5.74) is 5.18. The Kier molecular flexibility index (Phi) is 7.81. The van der Waals surface area contributed by atoms with E-state index in [2.05, 4.69) is 35.7 Å². The van der Waals surface area contributed by atoms with Gasteiger partial charge in [0.25, 0.3) is 0 Å². The summed E-state index contributed by atoms with van der Waals surface area (Å²) in [7, 11) is 0. The number of nitrogens with zero attached hydrogens (tertiary/aromatic N) is 2. The minimum atomic E-state index is -0.355. The highest BCUT2D eigenvalue weighted by Gasteiger charge is 2.21. The Hall–Kier alpha value is -2.95. The van der Waals surface area contributed by atoms with Crippen LogP contribution in [-0.2, 0) is 4.74 Å². The Balaban J connectivity index is 1.52. The van der Waals surface area contributed by atoms with Crippen LogP contribution < -0.4 is 5.32 Å². The van der Waals surface area contributed by atoms with Crippen molar-refractivity contribution in [2.75, 3.05) is 11.9 Å². The summed E-state index contributed by atoms with van der Waals surface area (Å²) < 4.78 is 5.21. The van der Waals surface area contributed by atoms with Crippen molar-refractivity contribution >= 4 is 39.2 Å². The highest BCUT2D eigenvalue weighted by Crippen LogP contribution is 2.35. The van der Waals surface area contributed by atoms with Crippen LogP contribution in [0.4, 0.5) is 5.00 Å². The molecular weight excluding hydrogens is 462 g/mol. The number of thiophene rings is 1. The van der Waals surface area contributed by atoms with Crippen LogP contribution in [0.5, 0.6) is 0 Å². The fourth-order valence-electron chi connectivity index (χ4n) is 4.35. The minimum absolute atomic E-state index is 0.315. The molecule has 1 fully saturated rings. The largest absolute Gasteiger partial charge is 0.462 e. The van der Waals surface area contributed by atoms with Gasteiger partial charge < -0.3 is 10.1 Å². The number of thiazole rings is 1. The number of benzene rings is 1. The number of ether oxygens (including phenoxy) is 1. The van der Waals surface area contributed by atoms with Crippen LogP contribution >= 0.6 is 22.7 Å². The van der Waals surface area contributed by atoms with Crippen LogP contribution in [0.3, 0.4) is 0 Å². The monoisotopic (exact) mass is 491 g/mol. The van der Waals surface area contributed by atoms with E-state index in [1.807, 2.05) is 19.2 Å². The molecular formula is C27H29N3O2S2. The Morgan fingerprint density at radius 1 is 1.24 bits per heavy atom. The van der Waals surface area contributed by atoms with Gasteiger partial charge in [-0.3, -0.25) is 0 Å². The third kappa shape index (κ3) is 5.24. The number of aromatic nitrogens is 1. The van der Waals surface area contributed by atoms with Crippen molar-refractivity contribution in [1.29, 1.82) is 5.26 Å². The molecule has 0 radical (unpaired) electrons. The smallest absolute Gasteiger partial charge is 0.341 e. The molecule has 3 aromatic rings. The van der Waals surface area contributed by atoms with Gasteiger partial charge in [-0.15, -0.1) is 22.7 Å². The third-order valence-electron chi connectivity index (χ3n) is 6.35. The van der Waals surface area contributed by atoms with E-state index in [1.54, 1.807) is 13.1 Å². The van der Waals surface area contributed by atoms with Gasteiger partial charge in [-0.05, 0) is 50.7 Å². The normalized spacial score (nSPS) is 14.6. The average Bonchev–Trinajstić information content (AvgIpc) is 3.45. The molecule has 0 spiro atoms. The zero-order valence-corrected chi connectivity index (χ0v) is 21.4. The van der Waals surface area contributed by atoms with E-state index in [1.165, 1.54) is 60.3 Å². The van der Waals surface area contributed by atoms with Gasteiger partial charge in [0.1, 0.15) is 21.7 Å². The number of carbonyl (C=O) groups is 1. The number of rotatable bonds is 7. The van der Waals surface area contributed by atoms with Gasteiger partial charge in [0.15, 0.2) is 0 Å². The van der Waals surface area contributed by atoms with E-state index in [9.17, 15) is 10.1 Å². The number of carbonyl (C=O) groups excluding carboxylic acids is 1. The maximum atomic E-state index is 12.4. The fourth-order valence-corrected chi connectivity index (χ4v) is 6.16. The Morgan fingerprint density at radius 2 is 1.97 bits per heavy atom. The van der Waals surface area contributed by atoms with Crippen molar-refractivity contribution in [1.82, 2.24) is 4.98 Å². The number of nitrogens with one attached hydrogen (secondary N) is 1. The van der Waals surface area contributed by atoms with Gasteiger partial charge in [0.05, 0.1) is 17.9 Å². The Morgan fingerprint density at radius 3 is 2.65 bits per heavy atom. The van der Waals surface area contributed by atoms with Gasteiger partial charge in [0, 0.05) is 22.0 Å². The van der Waals surface area contributed by atoms with Crippen molar-refractivity contribution < 1.29 is 9.53 Å². The summed E-state index contributed by atoms with van der Waals surface area (Å²) in [5.74, 6) is 0.323. The molecule has 0 unspecified atom stereocenters.